The zero-order valence-corrected chi connectivity index (χ0v) is 16.6. The van der Waals surface area contributed by atoms with Crippen molar-refractivity contribution in [1.29, 1.82) is 0 Å². The molecule has 2 aromatic carbocycles. The maximum Gasteiger partial charge on any atom is 0.406 e. The summed E-state index contributed by atoms with van der Waals surface area (Å²) in [6.07, 6.45) is -3.16. The number of nitrogens with zero attached hydrogens (tertiary/aromatic N) is 2. The van der Waals surface area contributed by atoms with Crippen molar-refractivity contribution in [2.24, 2.45) is 0 Å². The number of hydrazine groups is 1. The first kappa shape index (κ1) is 22.3. The van der Waals surface area contributed by atoms with Crippen LogP contribution < -0.4 is 10.9 Å². The molecule has 31 heavy (non-hydrogen) atoms. The van der Waals surface area contributed by atoms with E-state index in [4.69, 9.17) is 0 Å². The first-order valence-electron chi connectivity index (χ1n) is 8.88. The van der Waals surface area contributed by atoms with E-state index in [2.05, 4.69) is 15.8 Å². The fourth-order valence-corrected chi connectivity index (χ4v) is 3.39. The molecule has 0 aliphatic rings. The number of carbonyl (C=O) groups excluding carboxylic acids is 2. The van der Waals surface area contributed by atoms with Crippen LogP contribution in [0.2, 0.25) is 0 Å². The molecule has 0 atom stereocenters. The van der Waals surface area contributed by atoms with E-state index in [1.165, 1.54) is 18.3 Å². The summed E-state index contributed by atoms with van der Waals surface area (Å²) in [5, 5.41) is 0.0104. The van der Waals surface area contributed by atoms with Crippen LogP contribution in [-0.4, -0.2) is 33.3 Å². The number of alkyl halides is 3. The molecule has 0 unspecified atom stereocenters. The van der Waals surface area contributed by atoms with E-state index in [1.54, 1.807) is 30.3 Å². The Bertz CT molecular complexity index is 1050. The van der Waals surface area contributed by atoms with Gasteiger partial charge in [0.05, 0.1) is 17.6 Å². The van der Waals surface area contributed by atoms with Gasteiger partial charge in [0, 0.05) is 5.56 Å². The van der Waals surface area contributed by atoms with Gasteiger partial charge in [-0.1, -0.05) is 42.1 Å². The molecule has 0 aliphatic heterocycles. The molecule has 0 spiro atoms. The lowest BCUT2D eigenvalue weighted by atomic mass is 10.2. The Labute approximate surface area is 178 Å². The Kier molecular flexibility index (Phi) is 6.95. The highest BCUT2D eigenvalue weighted by Crippen LogP contribution is 2.29. The maximum atomic E-state index is 13.1. The number of hydrogen-bond acceptors (Lipinski definition) is 4. The largest absolute Gasteiger partial charge is 0.406 e. The number of thioether (sulfide) groups is 1. The van der Waals surface area contributed by atoms with E-state index in [9.17, 15) is 27.2 Å². The predicted molar refractivity (Wildman–Crippen MR) is 106 cm³/mol. The fourth-order valence-electron chi connectivity index (χ4n) is 2.61. The lowest BCUT2D eigenvalue weighted by molar-refractivity contribution is -0.141. The lowest BCUT2D eigenvalue weighted by Crippen LogP contribution is -2.42. The monoisotopic (exact) mass is 452 g/mol. The number of hydrogen-bond donors (Lipinski definition) is 2. The first-order chi connectivity index (χ1) is 14.7. The number of aromatic nitrogens is 2. The van der Waals surface area contributed by atoms with Crippen molar-refractivity contribution >= 4 is 23.6 Å². The summed E-state index contributed by atoms with van der Waals surface area (Å²) in [5.74, 6) is -2.11. The zero-order chi connectivity index (χ0) is 22.4. The molecular weight excluding hydrogens is 436 g/mol. The fraction of sp³-hybridized carbons (Fsp3) is 0.150. The van der Waals surface area contributed by atoms with Gasteiger partial charge in [0.2, 0.25) is 5.91 Å². The van der Waals surface area contributed by atoms with Crippen LogP contribution in [0.4, 0.5) is 17.6 Å². The van der Waals surface area contributed by atoms with Crippen LogP contribution in [0.15, 0.2) is 66.0 Å². The van der Waals surface area contributed by atoms with Gasteiger partial charge in [-0.2, -0.15) is 13.2 Å². The quantitative estimate of drug-likeness (QED) is 0.339. The Morgan fingerprint density at radius 3 is 2.32 bits per heavy atom. The molecule has 0 radical (unpaired) electrons. The highest BCUT2D eigenvalue weighted by molar-refractivity contribution is 7.99. The van der Waals surface area contributed by atoms with Gasteiger partial charge in [0.25, 0.3) is 5.91 Å². The van der Waals surface area contributed by atoms with E-state index in [-0.39, 0.29) is 22.2 Å². The summed E-state index contributed by atoms with van der Waals surface area (Å²) in [7, 11) is 0. The molecule has 0 saturated carbocycles. The van der Waals surface area contributed by atoms with Gasteiger partial charge in [-0.25, -0.2) is 9.37 Å². The van der Waals surface area contributed by atoms with Crippen LogP contribution in [0.3, 0.4) is 0 Å². The van der Waals surface area contributed by atoms with Crippen molar-refractivity contribution in [3.63, 3.8) is 0 Å². The summed E-state index contributed by atoms with van der Waals surface area (Å²) < 4.78 is 53.1. The zero-order valence-electron chi connectivity index (χ0n) is 15.8. The maximum absolute atomic E-state index is 13.1. The minimum atomic E-state index is -4.48. The molecule has 2 N–H and O–H groups in total. The lowest BCUT2D eigenvalue weighted by Gasteiger charge is -2.14. The van der Waals surface area contributed by atoms with Gasteiger partial charge in [-0.05, 0) is 29.8 Å². The molecule has 3 aromatic rings. The average Bonchev–Trinajstić information content (AvgIpc) is 3.12. The third kappa shape index (κ3) is 6.32. The summed E-state index contributed by atoms with van der Waals surface area (Å²) in [6, 6.07) is 13.1. The number of halogens is 4. The van der Waals surface area contributed by atoms with Gasteiger partial charge in [-0.15, -0.1) is 0 Å². The van der Waals surface area contributed by atoms with Crippen LogP contribution in [0, 0.1) is 5.82 Å². The van der Waals surface area contributed by atoms with Gasteiger partial charge < -0.3 is 4.57 Å². The van der Waals surface area contributed by atoms with E-state index < -0.39 is 30.4 Å². The number of imidazole rings is 1. The van der Waals surface area contributed by atoms with Gasteiger partial charge in [0.15, 0.2) is 5.16 Å². The third-order valence-corrected chi connectivity index (χ3v) is 4.97. The normalized spacial score (nSPS) is 11.2. The minimum absolute atomic E-state index is 0.0104. The molecule has 162 valence electrons. The van der Waals surface area contributed by atoms with Crippen LogP contribution in [0.1, 0.15) is 10.4 Å². The summed E-state index contributed by atoms with van der Waals surface area (Å²) in [4.78, 5) is 27.9. The number of rotatable bonds is 6. The predicted octanol–water partition coefficient (Wildman–Crippen LogP) is 3.80. The van der Waals surface area contributed by atoms with E-state index in [0.29, 0.717) is 5.56 Å². The second kappa shape index (κ2) is 9.65. The smallest absolute Gasteiger partial charge is 0.310 e. The Morgan fingerprint density at radius 1 is 1.00 bits per heavy atom. The SMILES string of the molecule is O=C(CSc1ncc(-c2ccccc2)n1CC(F)(F)F)NNC(=O)c1ccc(F)cc1. The number of nitrogens with one attached hydrogen (secondary N) is 2. The number of amides is 2. The van der Waals surface area contributed by atoms with Crippen LogP contribution in [0.25, 0.3) is 11.3 Å². The van der Waals surface area contributed by atoms with Gasteiger partial charge in [-0.3, -0.25) is 20.4 Å². The van der Waals surface area contributed by atoms with Crippen molar-refractivity contribution in [1.82, 2.24) is 20.4 Å². The molecule has 1 aromatic heterocycles. The highest BCUT2D eigenvalue weighted by Gasteiger charge is 2.31. The summed E-state index contributed by atoms with van der Waals surface area (Å²) >= 11 is 0.800. The van der Waals surface area contributed by atoms with Crippen LogP contribution in [-0.2, 0) is 11.3 Å². The second-order valence-electron chi connectivity index (χ2n) is 6.29. The van der Waals surface area contributed by atoms with Gasteiger partial charge in [0.1, 0.15) is 12.4 Å². The van der Waals surface area contributed by atoms with Crippen molar-refractivity contribution < 1.29 is 27.2 Å². The summed E-state index contributed by atoms with van der Waals surface area (Å²) in [6.45, 7) is -1.26. The Morgan fingerprint density at radius 2 is 1.68 bits per heavy atom. The molecule has 0 aliphatic carbocycles. The molecular formula is C20H16F4N4O2S. The molecule has 2 amide bonds. The Balaban J connectivity index is 1.64. The molecule has 0 saturated heterocycles. The molecule has 11 heteroatoms. The summed E-state index contributed by atoms with van der Waals surface area (Å²) in [5.41, 5.74) is 5.27. The van der Waals surface area contributed by atoms with Crippen molar-refractivity contribution in [3.8, 4) is 11.3 Å². The van der Waals surface area contributed by atoms with Crippen LogP contribution in [0.5, 0.6) is 0 Å². The van der Waals surface area contributed by atoms with Gasteiger partial charge >= 0.3 is 6.18 Å². The molecule has 0 bridgehead atoms. The first-order valence-corrected chi connectivity index (χ1v) is 9.87. The van der Waals surface area contributed by atoms with Crippen LogP contribution >= 0.6 is 11.8 Å². The van der Waals surface area contributed by atoms with E-state index >= 15 is 0 Å². The van der Waals surface area contributed by atoms with Crippen molar-refractivity contribution in [2.45, 2.75) is 17.9 Å². The minimum Gasteiger partial charge on any atom is -0.310 e. The molecule has 6 nitrogen and oxygen atoms in total. The third-order valence-electron chi connectivity index (χ3n) is 3.98. The number of benzene rings is 2. The molecule has 1 heterocycles. The Hall–Kier alpha value is -3.34. The van der Waals surface area contributed by atoms with Crippen molar-refractivity contribution in [3.05, 3.63) is 72.2 Å². The second-order valence-corrected chi connectivity index (χ2v) is 7.23. The standard InChI is InChI=1S/C20H16F4N4O2S/c21-15-8-6-14(7-9-15)18(30)27-26-17(29)11-31-19-25-10-16(13-4-2-1-3-5-13)28(19)12-20(22,23)24/h1-10H,11-12H2,(H,26,29)(H,27,30). The van der Waals surface area contributed by atoms with Crippen molar-refractivity contribution in [2.75, 3.05) is 5.75 Å². The highest BCUT2D eigenvalue weighted by atomic mass is 32.2. The van der Waals surface area contributed by atoms with E-state index in [0.717, 1.165) is 28.5 Å². The topological polar surface area (TPSA) is 76.0 Å². The molecule has 0 fully saturated rings. The molecule has 3 rings (SSSR count). The average molecular weight is 452 g/mol. The number of carbonyl (C=O) groups is 2. The van der Waals surface area contributed by atoms with E-state index in [1.807, 2.05) is 0 Å².